The van der Waals surface area contributed by atoms with Crippen LogP contribution in [0.25, 0.3) is 0 Å². The molecule has 0 aliphatic heterocycles. The highest BCUT2D eigenvalue weighted by atomic mass is 79.9. The van der Waals surface area contributed by atoms with Gasteiger partial charge in [0.25, 0.3) is 0 Å². The summed E-state index contributed by atoms with van der Waals surface area (Å²) in [7, 11) is 1.78. The summed E-state index contributed by atoms with van der Waals surface area (Å²) in [4.78, 5) is 13.3. The first-order valence-electron chi connectivity index (χ1n) is 5.16. The Bertz CT molecular complexity index is 400. The van der Waals surface area contributed by atoms with Crippen LogP contribution in [0.15, 0.2) is 22.7 Å². The molecular weight excluding hydrogens is 289 g/mol. The lowest BCUT2D eigenvalue weighted by atomic mass is 10.3. The molecule has 0 aliphatic rings. The van der Waals surface area contributed by atoms with Crippen LogP contribution in [-0.2, 0) is 4.79 Å². The standard InChI is InChI=1S/C11H15BrFN3O/c1-16(5-4-14)7-11(17)15-10-3-2-8(12)6-9(10)13/h2-3,6H,4-5,7,14H2,1H3,(H,15,17). The zero-order valence-electron chi connectivity index (χ0n) is 9.54. The van der Waals surface area contributed by atoms with Crippen molar-refractivity contribution in [2.45, 2.75) is 0 Å². The third kappa shape index (κ3) is 4.80. The van der Waals surface area contributed by atoms with E-state index in [0.717, 1.165) is 0 Å². The van der Waals surface area contributed by atoms with Crippen molar-refractivity contribution in [2.24, 2.45) is 5.73 Å². The average Bonchev–Trinajstić information content (AvgIpc) is 2.22. The van der Waals surface area contributed by atoms with Gasteiger partial charge in [-0.2, -0.15) is 0 Å². The van der Waals surface area contributed by atoms with Crippen LogP contribution in [0.4, 0.5) is 10.1 Å². The second-order valence-electron chi connectivity index (χ2n) is 3.70. The smallest absolute Gasteiger partial charge is 0.238 e. The van der Waals surface area contributed by atoms with Gasteiger partial charge in [0.2, 0.25) is 5.91 Å². The minimum atomic E-state index is -0.464. The van der Waals surface area contributed by atoms with Gasteiger partial charge in [0.15, 0.2) is 0 Å². The van der Waals surface area contributed by atoms with Crippen molar-refractivity contribution in [3.8, 4) is 0 Å². The maximum atomic E-state index is 13.4. The topological polar surface area (TPSA) is 58.4 Å². The number of benzene rings is 1. The highest BCUT2D eigenvalue weighted by Gasteiger charge is 2.09. The van der Waals surface area contributed by atoms with Crippen LogP contribution in [0.3, 0.4) is 0 Å². The molecule has 1 aromatic carbocycles. The molecule has 4 nitrogen and oxygen atoms in total. The molecule has 0 saturated heterocycles. The molecule has 0 atom stereocenters. The zero-order valence-corrected chi connectivity index (χ0v) is 11.1. The number of nitrogens with two attached hydrogens (primary N) is 1. The van der Waals surface area contributed by atoms with E-state index in [1.54, 1.807) is 18.0 Å². The fourth-order valence-corrected chi connectivity index (χ4v) is 1.66. The van der Waals surface area contributed by atoms with Crippen LogP contribution in [0, 0.1) is 5.82 Å². The minimum absolute atomic E-state index is 0.180. The Kier molecular flexibility index (Phi) is 5.54. The van der Waals surface area contributed by atoms with Crippen LogP contribution in [0.2, 0.25) is 0 Å². The van der Waals surface area contributed by atoms with E-state index in [4.69, 9.17) is 5.73 Å². The summed E-state index contributed by atoms with van der Waals surface area (Å²) in [6, 6.07) is 4.49. The first-order chi connectivity index (χ1) is 8.02. The van der Waals surface area contributed by atoms with Crippen molar-refractivity contribution in [1.29, 1.82) is 0 Å². The van der Waals surface area contributed by atoms with Crippen molar-refractivity contribution in [3.05, 3.63) is 28.5 Å². The fraction of sp³-hybridized carbons (Fsp3) is 0.364. The number of likely N-dealkylation sites (N-methyl/N-ethyl adjacent to an activating group) is 1. The molecule has 0 aliphatic carbocycles. The van der Waals surface area contributed by atoms with E-state index < -0.39 is 5.82 Å². The monoisotopic (exact) mass is 303 g/mol. The van der Waals surface area contributed by atoms with E-state index in [2.05, 4.69) is 21.2 Å². The van der Waals surface area contributed by atoms with Gasteiger partial charge in [0, 0.05) is 17.6 Å². The predicted octanol–water partition coefficient (Wildman–Crippen LogP) is 1.42. The Morgan fingerprint density at radius 1 is 1.59 bits per heavy atom. The highest BCUT2D eigenvalue weighted by molar-refractivity contribution is 9.10. The summed E-state index contributed by atoms with van der Waals surface area (Å²) < 4.78 is 14.1. The summed E-state index contributed by atoms with van der Waals surface area (Å²) in [6.45, 7) is 1.29. The number of halogens is 2. The lowest BCUT2D eigenvalue weighted by molar-refractivity contribution is -0.117. The Labute approximate surface area is 108 Å². The van der Waals surface area contributed by atoms with Crippen molar-refractivity contribution in [1.82, 2.24) is 4.90 Å². The maximum absolute atomic E-state index is 13.4. The van der Waals surface area contributed by atoms with E-state index >= 15 is 0 Å². The minimum Gasteiger partial charge on any atom is -0.329 e. The first-order valence-corrected chi connectivity index (χ1v) is 5.95. The van der Waals surface area contributed by atoms with E-state index in [0.29, 0.717) is 17.6 Å². The van der Waals surface area contributed by atoms with Gasteiger partial charge in [-0.25, -0.2) is 4.39 Å². The lowest BCUT2D eigenvalue weighted by Gasteiger charge is -2.15. The van der Waals surface area contributed by atoms with Crippen LogP contribution in [0.1, 0.15) is 0 Å². The molecule has 1 rings (SSSR count). The van der Waals surface area contributed by atoms with E-state index in [9.17, 15) is 9.18 Å². The normalized spacial score (nSPS) is 10.6. The van der Waals surface area contributed by atoms with Gasteiger partial charge in [0.1, 0.15) is 5.82 Å². The number of nitrogens with zero attached hydrogens (tertiary/aromatic N) is 1. The molecule has 0 unspecified atom stereocenters. The summed E-state index contributed by atoms with van der Waals surface area (Å²) in [5.41, 5.74) is 5.54. The summed E-state index contributed by atoms with van der Waals surface area (Å²) in [5, 5.41) is 2.51. The lowest BCUT2D eigenvalue weighted by Crippen LogP contribution is -2.33. The van der Waals surface area contributed by atoms with Gasteiger partial charge >= 0.3 is 0 Å². The molecule has 0 bridgehead atoms. The van der Waals surface area contributed by atoms with E-state index in [-0.39, 0.29) is 18.1 Å². The number of nitrogens with one attached hydrogen (secondary N) is 1. The molecule has 1 aromatic rings. The summed E-state index contributed by atoms with van der Waals surface area (Å²) >= 11 is 3.15. The van der Waals surface area contributed by atoms with Crippen molar-refractivity contribution in [2.75, 3.05) is 32.0 Å². The Balaban J connectivity index is 2.56. The third-order valence-corrected chi connectivity index (χ3v) is 2.62. The molecule has 0 heterocycles. The molecule has 17 heavy (non-hydrogen) atoms. The largest absolute Gasteiger partial charge is 0.329 e. The Morgan fingerprint density at radius 3 is 2.88 bits per heavy atom. The van der Waals surface area contributed by atoms with Gasteiger partial charge in [-0.15, -0.1) is 0 Å². The maximum Gasteiger partial charge on any atom is 0.238 e. The molecule has 0 aromatic heterocycles. The molecule has 0 spiro atoms. The number of anilines is 1. The SMILES string of the molecule is CN(CCN)CC(=O)Nc1ccc(Br)cc1F. The Morgan fingerprint density at radius 2 is 2.29 bits per heavy atom. The molecule has 0 fully saturated rings. The third-order valence-electron chi connectivity index (χ3n) is 2.13. The molecular formula is C11H15BrFN3O. The highest BCUT2D eigenvalue weighted by Crippen LogP contribution is 2.19. The van der Waals surface area contributed by atoms with Gasteiger partial charge in [-0.3, -0.25) is 9.69 Å². The molecule has 1 amide bonds. The summed E-state index contributed by atoms with van der Waals surface area (Å²) in [6.07, 6.45) is 0. The van der Waals surface area contributed by atoms with E-state index in [1.807, 2.05) is 0 Å². The Hall–Kier alpha value is -0.980. The summed E-state index contributed by atoms with van der Waals surface area (Å²) in [5.74, 6) is -0.726. The number of hydrogen-bond donors (Lipinski definition) is 2. The van der Waals surface area contributed by atoms with Gasteiger partial charge in [0.05, 0.1) is 12.2 Å². The van der Waals surface area contributed by atoms with Crippen molar-refractivity contribution >= 4 is 27.5 Å². The number of amides is 1. The average molecular weight is 304 g/mol. The molecule has 0 radical (unpaired) electrons. The van der Waals surface area contributed by atoms with Crippen molar-refractivity contribution in [3.63, 3.8) is 0 Å². The van der Waals surface area contributed by atoms with Gasteiger partial charge < -0.3 is 11.1 Å². The fourth-order valence-electron chi connectivity index (χ4n) is 1.33. The number of rotatable bonds is 5. The second-order valence-corrected chi connectivity index (χ2v) is 4.61. The second kappa shape index (κ2) is 6.68. The predicted molar refractivity (Wildman–Crippen MR) is 69.3 cm³/mol. The van der Waals surface area contributed by atoms with Gasteiger partial charge in [-0.1, -0.05) is 15.9 Å². The molecule has 3 N–H and O–H groups in total. The van der Waals surface area contributed by atoms with Gasteiger partial charge in [-0.05, 0) is 25.2 Å². The number of hydrogen-bond acceptors (Lipinski definition) is 3. The van der Waals surface area contributed by atoms with Crippen LogP contribution < -0.4 is 11.1 Å². The number of carbonyl (C=O) groups excluding carboxylic acids is 1. The molecule has 0 saturated carbocycles. The number of carbonyl (C=O) groups is 1. The van der Waals surface area contributed by atoms with Crippen LogP contribution >= 0.6 is 15.9 Å². The van der Waals surface area contributed by atoms with Crippen LogP contribution in [0.5, 0.6) is 0 Å². The quantitative estimate of drug-likeness (QED) is 0.865. The first kappa shape index (κ1) is 14.1. The zero-order chi connectivity index (χ0) is 12.8. The van der Waals surface area contributed by atoms with Crippen molar-refractivity contribution < 1.29 is 9.18 Å². The molecule has 6 heteroatoms. The van der Waals surface area contributed by atoms with E-state index in [1.165, 1.54) is 12.1 Å². The molecule has 94 valence electrons. The van der Waals surface area contributed by atoms with Crippen LogP contribution in [-0.4, -0.2) is 37.5 Å².